The lowest BCUT2D eigenvalue weighted by Crippen LogP contribution is -2.14. The zero-order valence-electron chi connectivity index (χ0n) is 12.2. The summed E-state index contributed by atoms with van der Waals surface area (Å²) in [5.41, 5.74) is 0. The lowest BCUT2D eigenvalue weighted by molar-refractivity contribution is 0.184. The molecule has 0 bridgehead atoms. The van der Waals surface area contributed by atoms with Crippen molar-refractivity contribution in [2.45, 2.75) is 96.5 Å². The summed E-state index contributed by atoms with van der Waals surface area (Å²) in [6.07, 6.45) is 16.9. The second-order valence-corrected chi connectivity index (χ2v) is 5.78. The molecule has 1 fully saturated rings. The van der Waals surface area contributed by atoms with Gasteiger partial charge in [-0.25, -0.2) is 0 Å². The molecule has 18 heavy (non-hydrogen) atoms. The smallest absolute Gasteiger partial charge is 0.180 e. The Morgan fingerprint density at radius 3 is 1.78 bits per heavy atom. The minimum Gasteiger partial charge on any atom is -0.478 e. The molecule has 1 atom stereocenters. The van der Waals surface area contributed by atoms with Gasteiger partial charge in [0.2, 0.25) is 0 Å². The van der Waals surface area contributed by atoms with Gasteiger partial charge < -0.3 is 4.74 Å². The standard InChI is InChI=1S/C16H31NO/c1-15-13-11-9-7-5-3-2-4-6-8-10-12-14-16(17)18-15/h15,17H,2-14H2,1H3. The highest BCUT2D eigenvalue weighted by molar-refractivity contribution is 5.72. The minimum atomic E-state index is 0.241. The van der Waals surface area contributed by atoms with Gasteiger partial charge in [-0.3, -0.25) is 5.41 Å². The third-order valence-electron chi connectivity index (χ3n) is 3.86. The molecule has 1 N–H and O–H groups in total. The number of ether oxygens (including phenoxy) is 1. The first-order chi connectivity index (χ1) is 8.79. The summed E-state index contributed by atoms with van der Waals surface area (Å²) in [5, 5.41) is 7.80. The van der Waals surface area contributed by atoms with E-state index in [0.29, 0.717) is 5.90 Å². The van der Waals surface area contributed by atoms with Crippen LogP contribution in [0.4, 0.5) is 0 Å². The first kappa shape index (κ1) is 15.5. The van der Waals surface area contributed by atoms with Crippen molar-refractivity contribution in [3.63, 3.8) is 0 Å². The molecule has 0 spiro atoms. The van der Waals surface area contributed by atoms with E-state index >= 15 is 0 Å². The predicted octanol–water partition coefficient (Wildman–Crippen LogP) is 5.45. The average Bonchev–Trinajstić information content (AvgIpc) is 2.33. The van der Waals surface area contributed by atoms with Gasteiger partial charge in [0.25, 0.3) is 0 Å². The van der Waals surface area contributed by atoms with E-state index in [4.69, 9.17) is 10.1 Å². The molecule has 1 heterocycles. The molecule has 1 saturated heterocycles. The van der Waals surface area contributed by atoms with Crippen LogP contribution >= 0.6 is 0 Å². The van der Waals surface area contributed by atoms with E-state index < -0.39 is 0 Å². The Kier molecular flexibility index (Phi) is 8.97. The van der Waals surface area contributed by atoms with E-state index in [2.05, 4.69) is 6.92 Å². The Morgan fingerprint density at radius 1 is 0.778 bits per heavy atom. The zero-order chi connectivity index (χ0) is 13.1. The van der Waals surface area contributed by atoms with E-state index in [1.165, 1.54) is 64.2 Å². The number of nitrogens with one attached hydrogen (secondary N) is 1. The molecular formula is C16H31NO. The van der Waals surface area contributed by atoms with Crippen molar-refractivity contribution in [2.75, 3.05) is 0 Å². The van der Waals surface area contributed by atoms with E-state index in [9.17, 15) is 0 Å². The van der Waals surface area contributed by atoms with Crippen LogP contribution < -0.4 is 0 Å². The van der Waals surface area contributed by atoms with Crippen LogP contribution in [0.2, 0.25) is 0 Å². The molecule has 0 saturated carbocycles. The van der Waals surface area contributed by atoms with E-state index in [1.807, 2.05) is 0 Å². The highest BCUT2D eigenvalue weighted by atomic mass is 16.5. The van der Waals surface area contributed by atoms with Crippen LogP contribution in [0, 0.1) is 5.41 Å². The number of rotatable bonds is 0. The highest BCUT2D eigenvalue weighted by Crippen LogP contribution is 2.15. The Morgan fingerprint density at radius 2 is 1.22 bits per heavy atom. The summed E-state index contributed by atoms with van der Waals surface area (Å²) in [4.78, 5) is 0. The van der Waals surface area contributed by atoms with Gasteiger partial charge in [-0.15, -0.1) is 0 Å². The van der Waals surface area contributed by atoms with E-state index in [0.717, 1.165) is 19.3 Å². The second kappa shape index (κ2) is 10.4. The first-order valence-corrected chi connectivity index (χ1v) is 8.03. The molecule has 0 amide bonds. The Hall–Kier alpha value is -0.530. The normalized spacial score (nSPS) is 26.5. The molecule has 1 aliphatic heterocycles. The third-order valence-corrected chi connectivity index (χ3v) is 3.86. The maximum Gasteiger partial charge on any atom is 0.180 e. The molecule has 0 aromatic heterocycles. The van der Waals surface area contributed by atoms with Crippen molar-refractivity contribution in [1.82, 2.24) is 0 Å². The summed E-state index contributed by atoms with van der Waals surface area (Å²) in [6, 6.07) is 0. The number of hydrogen-bond donors (Lipinski definition) is 1. The highest BCUT2D eigenvalue weighted by Gasteiger charge is 2.06. The van der Waals surface area contributed by atoms with Gasteiger partial charge in [0.1, 0.15) is 0 Å². The summed E-state index contributed by atoms with van der Waals surface area (Å²) in [5.74, 6) is 0.509. The van der Waals surface area contributed by atoms with Gasteiger partial charge in [-0.1, -0.05) is 57.8 Å². The molecule has 0 radical (unpaired) electrons. The Balaban J connectivity index is 2.21. The van der Waals surface area contributed by atoms with Crippen molar-refractivity contribution < 1.29 is 4.74 Å². The summed E-state index contributed by atoms with van der Waals surface area (Å²) in [6.45, 7) is 2.11. The van der Waals surface area contributed by atoms with Crippen molar-refractivity contribution in [2.24, 2.45) is 0 Å². The average molecular weight is 253 g/mol. The molecule has 2 heteroatoms. The van der Waals surface area contributed by atoms with Crippen molar-refractivity contribution in [1.29, 1.82) is 5.41 Å². The molecule has 1 aliphatic rings. The molecule has 1 unspecified atom stereocenters. The van der Waals surface area contributed by atoms with Gasteiger partial charge in [0.05, 0.1) is 6.10 Å². The summed E-state index contributed by atoms with van der Waals surface area (Å²) < 4.78 is 5.63. The van der Waals surface area contributed by atoms with Crippen molar-refractivity contribution in [3.05, 3.63) is 0 Å². The molecular weight excluding hydrogens is 222 g/mol. The lowest BCUT2D eigenvalue weighted by atomic mass is 10.0. The SMILES string of the molecule is CC1CCCCCCCCCCCCCC(=N)O1. The fourth-order valence-electron chi connectivity index (χ4n) is 2.67. The fourth-order valence-corrected chi connectivity index (χ4v) is 2.67. The van der Waals surface area contributed by atoms with Gasteiger partial charge in [-0.05, 0) is 26.2 Å². The van der Waals surface area contributed by atoms with Gasteiger partial charge in [0, 0.05) is 6.42 Å². The number of hydrogen-bond acceptors (Lipinski definition) is 2. The molecule has 2 nitrogen and oxygen atoms in total. The predicted molar refractivity (Wildman–Crippen MR) is 78.3 cm³/mol. The molecule has 0 aliphatic carbocycles. The molecule has 0 aromatic carbocycles. The molecule has 0 aromatic rings. The molecule has 1 rings (SSSR count). The fraction of sp³-hybridized carbons (Fsp3) is 0.938. The maximum absolute atomic E-state index is 7.80. The van der Waals surface area contributed by atoms with Crippen LogP contribution in [0.3, 0.4) is 0 Å². The van der Waals surface area contributed by atoms with E-state index in [-0.39, 0.29) is 6.10 Å². The quantitative estimate of drug-likeness (QED) is 0.611. The van der Waals surface area contributed by atoms with Crippen molar-refractivity contribution in [3.8, 4) is 0 Å². The van der Waals surface area contributed by atoms with Gasteiger partial charge in [-0.2, -0.15) is 0 Å². The largest absolute Gasteiger partial charge is 0.478 e. The van der Waals surface area contributed by atoms with Crippen LogP contribution in [0.5, 0.6) is 0 Å². The van der Waals surface area contributed by atoms with Crippen LogP contribution in [-0.2, 0) is 4.74 Å². The van der Waals surface area contributed by atoms with E-state index in [1.54, 1.807) is 0 Å². The Labute approximate surface area is 113 Å². The summed E-state index contributed by atoms with van der Waals surface area (Å²) in [7, 11) is 0. The maximum atomic E-state index is 7.80. The summed E-state index contributed by atoms with van der Waals surface area (Å²) >= 11 is 0. The lowest BCUT2D eigenvalue weighted by Gasteiger charge is -2.15. The van der Waals surface area contributed by atoms with Crippen molar-refractivity contribution >= 4 is 5.90 Å². The minimum absolute atomic E-state index is 0.241. The first-order valence-electron chi connectivity index (χ1n) is 8.03. The Bertz CT molecular complexity index is 215. The van der Waals surface area contributed by atoms with Crippen LogP contribution in [0.15, 0.2) is 0 Å². The zero-order valence-corrected chi connectivity index (χ0v) is 12.2. The van der Waals surface area contributed by atoms with Crippen LogP contribution in [0.25, 0.3) is 0 Å². The topological polar surface area (TPSA) is 33.1 Å². The second-order valence-electron chi connectivity index (χ2n) is 5.78. The van der Waals surface area contributed by atoms with Gasteiger partial charge in [0.15, 0.2) is 5.90 Å². The van der Waals surface area contributed by atoms with Gasteiger partial charge >= 0.3 is 0 Å². The third kappa shape index (κ3) is 8.54. The molecule has 106 valence electrons. The van der Waals surface area contributed by atoms with Crippen LogP contribution in [-0.4, -0.2) is 12.0 Å². The van der Waals surface area contributed by atoms with Crippen LogP contribution in [0.1, 0.15) is 90.4 Å². The monoisotopic (exact) mass is 253 g/mol.